The van der Waals surface area contributed by atoms with Gasteiger partial charge in [-0.05, 0) is 37.8 Å². The molecule has 0 amide bonds. The summed E-state index contributed by atoms with van der Waals surface area (Å²) in [5.41, 5.74) is 0. The molecule has 1 unspecified atom stereocenters. The Morgan fingerprint density at radius 1 is 1.25 bits per heavy atom. The maximum atomic E-state index is 3.55. The smallest absolute Gasteiger partial charge is 0.00179 e. The average molecular weight is 169 g/mol. The Balaban J connectivity index is 2.35. The van der Waals surface area contributed by atoms with Gasteiger partial charge in [0.25, 0.3) is 0 Å². The van der Waals surface area contributed by atoms with Crippen molar-refractivity contribution >= 4 is 0 Å². The second-order valence-electron chi connectivity index (χ2n) is 4.04. The molecular weight excluding hydrogens is 146 g/mol. The molecule has 0 aliphatic carbocycles. The van der Waals surface area contributed by atoms with Gasteiger partial charge in [0.2, 0.25) is 0 Å². The highest BCUT2D eigenvalue weighted by atomic mass is 14.9. The van der Waals surface area contributed by atoms with E-state index in [1.165, 1.54) is 45.2 Å². The topological polar surface area (TPSA) is 12.0 Å². The standard InChI is InChI=1S/C11H23N/c1-3-10(4-2)11-7-5-6-8-12-9-11/h10-12H,3-9H2,1-2H3. The van der Waals surface area contributed by atoms with Gasteiger partial charge in [0, 0.05) is 0 Å². The highest BCUT2D eigenvalue weighted by molar-refractivity contribution is 4.73. The van der Waals surface area contributed by atoms with E-state index in [9.17, 15) is 0 Å². The van der Waals surface area contributed by atoms with Crippen molar-refractivity contribution < 1.29 is 0 Å². The number of nitrogens with one attached hydrogen (secondary N) is 1. The quantitative estimate of drug-likeness (QED) is 0.685. The molecule has 0 saturated carbocycles. The van der Waals surface area contributed by atoms with Crippen LogP contribution in [0.5, 0.6) is 0 Å². The summed E-state index contributed by atoms with van der Waals surface area (Å²) in [5, 5.41) is 3.55. The summed E-state index contributed by atoms with van der Waals surface area (Å²) in [6.07, 6.45) is 7.01. The van der Waals surface area contributed by atoms with Gasteiger partial charge >= 0.3 is 0 Å². The summed E-state index contributed by atoms with van der Waals surface area (Å²) in [4.78, 5) is 0. The highest BCUT2D eigenvalue weighted by Crippen LogP contribution is 2.25. The molecule has 1 atom stereocenters. The first kappa shape index (κ1) is 10.0. The zero-order valence-corrected chi connectivity index (χ0v) is 8.60. The summed E-state index contributed by atoms with van der Waals surface area (Å²) in [6.45, 7) is 7.18. The van der Waals surface area contributed by atoms with E-state index in [0.29, 0.717) is 0 Å². The van der Waals surface area contributed by atoms with E-state index in [0.717, 1.165) is 11.8 Å². The maximum absolute atomic E-state index is 3.55. The van der Waals surface area contributed by atoms with Crippen LogP contribution in [0, 0.1) is 11.8 Å². The van der Waals surface area contributed by atoms with Crippen molar-refractivity contribution in [2.45, 2.75) is 46.0 Å². The first-order valence-electron chi connectivity index (χ1n) is 5.59. The van der Waals surface area contributed by atoms with Gasteiger partial charge in [-0.15, -0.1) is 0 Å². The van der Waals surface area contributed by atoms with Gasteiger partial charge in [-0.25, -0.2) is 0 Å². The third kappa shape index (κ3) is 2.78. The van der Waals surface area contributed by atoms with Crippen LogP contribution in [0.2, 0.25) is 0 Å². The molecule has 1 rings (SSSR count). The van der Waals surface area contributed by atoms with Crippen molar-refractivity contribution in [2.24, 2.45) is 11.8 Å². The predicted molar refractivity (Wildman–Crippen MR) is 54.3 cm³/mol. The van der Waals surface area contributed by atoms with Crippen LogP contribution in [0.3, 0.4) is 0 Å². The maximum Gasteiger partial charge on any atom is -0.00179 e. The molecule has 1 heteroatoms. The lowest BCUT2D eigenvalue weighted by Gasteiger charge is -2.23. The van der Waals surface area contributed by atoms with Crippen LogP contribution in [0.15, 0.2) is 0 Å². The van der Waals surface area contributed by atoms with Crippen LogP contribution in [0.25, 0.3) is 0 Å². The molecule has 1 fully saturated rings. The molecule has 0 spiro atoms. The summed E-state index contributed by atoms with van der Waals surface area (Å²) < 4.78 is 0. The predicted octanol–water partition coefficient (Wildman–Crippen LogP) is 2.81. The third-order valence-electron chi connectivity index (χ3n) is 3.30. The highest BCUT2D eigenvalue weighted by Gasteiger charge is 2.19. The third-order valence-corrected chi connectivity index (χ3v) is 3.30. The summed E-state index contributed by atoms with van der Waals surface area (Å²) in [7, 11) is 0. The van der Waals surface area contributed by atoms with E-state index in [1.54, 1.807) is 0 Å². The number of hydrogen-bond donors (Lipinski definition) is 1. The fourth-order valence-electron chi connectivity index (χ4n) is 2.40. The molecule has 72 valence electrons. The SMILES string of the molecule is CCC(CC)C1CCCCNC1. The fourth-order valence-corrected chi connectivity index (χ4v) is 2.40. The Hall–Kier alpha value is -0.0400. The minimum absolute atomic E-state index is 0.961. The molecule has 12 heavy (non-hydrogen) atoms. The lowest BCUT2D eigenvalue weighted by atomic mass is 9.85. The first-order chi connectivity index (χ1) is 5.88. The Morgan fingerprint density at radius 2 is 2.00 bits per heavy atom. The van der Waals surface area contributed by atoms with Crippen molar-refractivity contribution in [3.05, 3.63) is 0 Å². The van der Waals surface area contributed by atoms with Crippen molar-refractivity contribution in [3.8, 4) is 0 Å². The molecule has 1 saturated heterocycles. The lowest BCUT2D eigenvalue weighted by molar-refractivity contribution is 0.295. The van der Waals surface area contributed by atoms with Gasteiger partial charge in [0.1, 0.15) is 0 Å². The Morgan fingerprint density at radius 3 is 2.67 bits per heavy atom. The van der Waals surface area contributed by atoms with Gasteiger partial charge in [-0.2, -0.15) is 0 Å². The van der Waals surface area contributed by atoms with Crippen LogP contribution < -0.4 is 5.32 Å². The molecule has 0 aromatic carbocycles. The van der Waals surface area contributed by atoms with Crippen molar-refractivity contribution in [2.75, 3.05) is 13.1 Å². The van der Waals surface area contributed by atoms with Gasteiger partial charge in [-0.3, -0.25) is 0 Å². The van der Waals surface area contributed by atoms with Crippen LogP contribution in [-0.2, 0) is 0 Å². The number of hydrogen-bond acceptors (Lipinski definition) is 1. The Labute approximate surface area is 76.9 Å². The molecule has 1 N–H and O–H groups in total. The molecule has 1 nitrogen and oxygen atoms in total. The van der Waals surface area contributed by atoms with Gasteiger partial charge in [0.05, 0.1) is 0 Å². The zero-order chi connectivity index (χ0) is 8.81. The van der Waals surface area contributed by atoms with E-state index in [-0.39, 0.29) is 0 Å². The summed E-state index contributed by atoms with van der Waals surface area (Å²) in [6, 6.07) is 0. The van der Waals surface area contributed by atoms with E-state index in [2.05, 4.69) is 19.2 Å². The minimum Gasteiger partial charge on any atom is -0.316 e. The number of rotatable bonds is 3. The molecule has 1 aliphatic rings. The molecule has 0 bridgehead atoms. The zero-order valence-electron chi connectivity index (χ0n) is 8.60. The summed E-state index contributed by atoms with van der Waals surface area (Å²) in [5.74, 6) is 1.93. The molecule has 1 aliphatic heterocycles. The lowest BCUT2D eigenvalue weighted by Crippen LogP contribution is -2.25. The largest absolute Gasteiger partial charge is 0.316 e. The fraction of sp³-hybridized carbons (Fsp3) is 1.00. The first-order valence-corrected chi connectivity index (χ1v) is 5.59. The van der Waals surface area contributed by atoms with Gasteiger partial charge in [0.15, 0.2) is 0 Å². The average Bonchev–Trinajstić information content (AvgIpc) is 2.35. The molecule has 1 heterocycles. The van der Waals surface area contributed by atoms with Crippen LogP contribution in [0.1, 0.15) is 46.0 Å². The van der Waals surface area contributed by atoms with Gasteiger partial charge < -0.3 is 5.32 Å². The molecule has 0 radical (unpaired) electrons. The van der Waals surface area contributed by atoms with E-state index < -0.39 is 0 Å². The Kier molecular flexibility index (Phi) is 4.67. The second kappa shape index (κ2) is 5.58. The van der Waals surface area contributed by atoms with Crippen molar-refractivity contribution in [3.63, 3.8) is 0 Å². The monoisotopic (exact) mass is 169 g/mol. The van der Waals surface area contributed by atoms with Crippen molar-refractivity contribution in [1.29, 1.82) is 0 Å². The van der Waals surface area contributed by atoms with Crippen LogP contribution >= 0.6 is 0 Å². The Bertz CT molecular complexity index is 99.6. The van der Waals surface area contributed by atoms with E-state index >= 15 is 0 Å². The summed E-state index contributed by atoms with van der Waals surface area (Å²) >= 11 is 0. The van der Waals surface area contributed by atoms with Gasteiger partial charge in [-0.1, -0.05) is 33.1 Å². The molecule has 0 aromatic rings. The van der Waals surface area contributed by atoms with Crippen LogP contribution in [0.4, 0.5) is 0 Å². The molecule has 0 aromatic heterocycles. The molecular formula is C11H23N. The normalized spacial score (nSPS) is 25.8. The minimum atomic E-state index is 0.961. The van der Waals surface area contributed by atoms with E-state index in [4.69, 9.17) is 0 Å². The van der Waals surface area contributed by atoms with Crippen molar-refractivity contribution in [1.82, 2.24) is 5.32 Å². The van der Waals surface area contributed by atoms with E-state index in [1.807, 2.05) is 0 Å². The van der Waals surface area contributed by atoms with Crippen LogP contribution in [-0.4, -0.2) is 13.1 Å². The second-order valence-corrected chi connectivity index (χ2v) is 4.04.